The van der Waals surface area contributed by atoms with Gasteiger partial charge in [0, 0.05) is 19.8 Å². The molecule has 0 amide bonds. The molecule has 4 heteroatoms. The zero-order chi connectivity index (χ0) is 11.1. The van der Waals surface area contributed by atoms with E-state index < -0.39 is 0 Å². The van der Waals surface area contributed by atoms with Gasteiger partial charge in [-0.25, -0.2) is 4.98 Å². The van der Waals surface area contributed by atoms with Crippen molar-refractivity contribution in [2.45, 2.75) is 32.4 Å². The second kappa shape index (κ2) is 3.61. The van der Waals surface area contributed by atoms with Gasteiger partial charge in [-0.3, -0.25) is 0 Å². The Bertz CT molecular complexity index is 337. The third-order valence-corrected chi connectivity index (χ3v) is 3.04. The van der Waals surface area contributed by atoms with Gasteiger partial charge in [0.2, 0.25) is 0 Å². The quantitative estimate of drug-likeness (QED) is 0.754. The molecule has 1 aliphatic rings. The first-order valence-corrected chi connectivity index (χ1v) is 5.38. The molecule has 0 spiro atoms. The maximum Gasteiger partial charge on any atom is 0.105 e. The summed E-state index contributed by atoms with van der Waals surface area (Å²) >= 11 is 0. The van der Waals surface area contributed by atoms with Gasteiger partial charge < -0.3 is 14.6 Å². The molecule has 1 aliphatic heterocycles. The van der Waals surface area contributed by atoms with Crippen LogP contribution in [0.25, 0.3) is 0 Å². The highest BCUT2D eigenvalue weighted by Crippen LogP contribution is 2.30. The molecule has 84 valence electrons. The fourth-order valence-corrected chi connectivity index (χ4v) is 2.03. The molecule has 1 atom stereocenters. The molecule has 4 nitrogen and oxygen atoms in total. The van der Waals surface area contributed by atoms with Gasteiger partial charge in [0.1, 0.15) is 5.82 Å². The fourth-order valence-electron chi connectivity index (χ4n) is 2.03. The van der Waals surface area contributed by atoms with Crippen molar-refractivity contribution in [1.29, 1.82) is 0 Å². The van der Waals surface area contributed by atoms with Gasteiger partial charge in [0.05, 0.1) is 23.9 Å². The van der Waals surface area contributed by atoms with Crippen molar-refractivity contribution in [2.24, 2.45) is 7.05 Å². The van der Waals surface area contributed by atoms with Crippen molar-refractivity contribution < 1.29 is 4.74 Å². The van der Waals surface area contributed by atoms with Crippen molar-refractivity contribution >= 4 is 0 Å². The summed E-state index contributed by atoms with van der Waals surface area (Å²) in [7, 11) is 2.02. The van der Waals surface area contributed by atoms with Crippen LogP contribution in [-0.4, -0.2) is 28.3 Å². The SMILES string of the molecule is Cc1nc(C2NCCOC2(C)C)cn1C. The van der Waals surface area contributed by atoms with Gasteiger partial charge in [-0.1, -0.05) is 0 Å². The molecule has 0 bridgehead atoms. The van der Waals surface area contributed by atoms with Crippen molar-refractivity contribution in [3.8, 4) is 0 Å². The minimum Gasteiger partial charge on any atom is -0.372 e. The zero-order valence-corrected chi connectivity index (χ0v) is 9.87. The van der Waals surface area contributed by atoms with Crippen molar-refractivity contribution in [3.05, 3.63) is 17.7 Å². The molecule has 2 heterocycles. The summed E-state index contributed by atoms with van der Waals surface area (Å²) < 4.78 is 7.81. The summed E-state index contributed by atoms with van der Waals surface area (Å²) in [5.41, 5.74) is 0.888. The molecule has 0 aliphatic carbocycles. The molecule has 0 saturated carbocycles. The van der Waals surface area contributed by atoms with E-state index in [0.29, 0.717) is 0 Å². The van der Waals surface area contributed by atoms with E-state index in [1.165, 1.54) is 0 Å². The number of aromatic nitrogens is 2. The predicted octanol–water partition coefficient (Wildman–Crippen LogP) is 1.17. The van der Waals surface area contributed by atoms with Gasteiger partial charge in [0.25, 0.3) is 0 Å². The first-order valence-electron chi connectivity index (χ1n) is 5.38. The number of hydrogen-bond donors (Lipinski definition) is 1. The summed E-state index contributed by atoms with van der Waals surface area (Å²) in [6.07, 6.45) is 2.07. The van der Waals surface area contributed by atoms with Crippen LogP contribution in [0.3, 0.4) is 0 Å². The molecule has 2 rings (SSSR count). The van der Waals surface area contributed by atoms with E-state index in [-0.39, 0.29) is 11.6 Å². The number of rotatable bonds is 1. The number of morpholine rings is 1. The standard InChI is InChI=1S/C11H19N3O/c1-8-13-9(7-14(8)4)10-11(2,3)15-6-5-12-10/h7,10,12H,5-6H2,1-4H3. The number of imidazole rings is 1. The summed E-state index contributed by atoms with van der Waals surface area (Å²) in [5.74, 6) is 1.04. The molecule has 0 radical (unpaired) electrons. The molecule has 1 saturated heterocycles. The van der Waals surface area contributed by atoms with Crippen LogP contribution in [0.4, 0.5) is 0 Å². The van der Waals surface area contributed by atoms with Crippen LogP contribution < -0.4 is 5.32 Å². The molecule has 1 aromatic heterocycles. The maximum absolute atomic E-state index is 5.77. The third kappa shape index (κ3) is 1.92. The molecule has 1 aromatic rings. The Morgan fingerprint density at radius 3 is 2.87 bits per heavy atom. The zero-order valence-electron chi connectivity index (χ0n) is 9.87. The number of hydrogen-bond acceptors (Lipinski definition) is 3. The highest BCUT2D eigenvalue weighted by molar-refractivity contribution is 5.13. The van der Waals surface area contributed by atoms with Crippen molar-refractivity contribution in [2.75, 3.05) is 13.2 Å². The van der Waals surface area contributed by atoms with Gasteiger partial charge >= 0.3 is 0 Å². The van der Waals surface area contributed by atoms with Gasteiger partial charge in [-0.2, -0.15) is 0 Å². The maximum atomic E-state index is 5.77. The lowest BCUT2D eigenvalue weighted by Crippen LogP contribution is -2.48. The fraction of sp³-hybridized carbons (Fsp3) is 0.727. The smallest absolute Gasteiger partial charge is 0.105 e. The lowest BCUT2D eigenvalue weighted by molar-refractivity contribution is -0.0732. The number of nitrogens with one attached hydrogen (secondary N) is 1. The number of aryl methyl sites for hydroxylation is 2. The Morgan fingerprint density at radius 2 is 2.33 bits per heavy atom. The minimum atomic E-state index is -0.182. The number of ether oxygens (including phenoxy) is 1. The number of nitrogens with zero attached hydrogens (tertiary/aromatic N) is 2. The van der Waals surface area contributed by atoms with Gasteiger partial charge in [0.15, 0.2) is 0 Å². The van der Waals surface area contributed by atoms with Crippen LogP contribution >= 0.6 is 0 Å². The van der Waals surface area contributed by atoms with Crippen LogP contribution in [0.2, 0.25) is 0 Å². The van der Waals surface area contributed by atoms with Crippen molar-refractivity contribution in [1.82, 2.24) is 14.9 Å². The Hall–Kier alpha value is -0.870. The highest BCUT2D eigenvalue weighted by atomic mass is 16.5. The Balaban J connectivity index is 2.28. The molecule has 1 fully saturated rings. The summed E-state index contributed by atoms with van der Waals surface area (Å²) in [5, 5.41) is 3.47. The summed E-state index contributed by atoms with van der Waals surface area (Å²) in [4.78, 5) is 4.55. The first-order chi connectivity index (χ1) is 7.00. The largest absolute Gasteiger partial charge is 0.372 e. The first kappa shape index (κ1) is 10.6. The molecular formula is C11H19N3O. The predicted molar refractivity (Wildman–Crippen MR) is 58.7 cm³/mol. The lowest BCUT2D eigenvalue weighted by atomic mass is 9.94. The Labute approximate surface area is 90.6 Å². The van der Waals surface area contributed by atoms with Crippen LogP contribution in [0, 0.1) is 6.92 Å². The average Bonchev–Trinajstić information content (AvgIpc) is 2.46. The van der Waals surface area contributed by atoms with Gasteiger partial charge in [-0.05, 0) is 20.8 Å². The Kier molecular flexibility index (Phi) is 2.56. The van der Waals surface area contributed by atoms with E-state index in [1.54, 1.807) is 0 Å². The van der Waals surface area contributed by atoms with E-state index in [0.717, 1.165) is 24.7 Å². The van der Waals surface area contributed by atoms with E-state index in [1.807, 2.05) is 18.5 Å². The topological polar surface area (TPSA) is 39.1 Å². The molecular weight excluding hydrogens is 190 g/mol. The average molecular weight is 209 g/mol. The van der Waals surface area contributed by atoms with Crippen LogP contribution in [-0.2, 0) is 11.8 Å². The lowest BCUT2D eigenvalue weighted by Gasteiger charge is -2.38. The Morgan fingerprint density at radius 1 is 1.60 bits per heavy atom. The monoisotopic (exact) mass is 209 g/mol. The normalized spacial score (nSPS) is 25.5. The molecule has 1 N–H and O–H groups in total. The summed E-state index contributed by atoms with van der Waals surface area (Å²) in [6, 6.07) is 0.186. The second-order valence-electron chi connectivity index (χ2n) is 4.66. The van der Waals surface area contributed by atoms with Crippen LogP contribution in [0.1, 0.15) is 31.4 Å². The summed E-state index contributed by atoms with van der Waals surface area (Å²) in [6.45, 7) is 7.89. The minimum absolute atomic E-state index is 0.182. The van der Waals surface area contributed by atoms with E-state index >= 15 is 0 Å². The van der Waals surface area contributed by atoms with Gasteiger partial charge in [-0.15, -0.1) is 0 Å². The molecule has 1 unspecified atom stereocenters. The van der Waals surface area contributed by atoms with E-state index in [9.17, 15) is 0 Å². The highest BCUT2D eigenvalue weighted by Gasteiger charge is 2.35. The second-order valence-corrected chi connectivity index (χ2v) is 4.66. The molecule has 15 heavy (non-hydrogen) atoms. The third-order valence-electron chi connectivity index (χ3n) is 3.04. The van der Waals surface area contributed by atoms with E-state index in [2.05, 4.69) is 30.3 Å². The van der Waals surface area contributed by atoms with E-state index in [4.69, 9.17) is 4.74 Å². The van der Waals surface area contributed by atoms with Crippen molar-refractivity contribution in [3.63, 3.8) is 0 Å². The van der Waals surface area contributed by atoms with Crippen LogP contribution in [0.15, 0.2) is 6.20 Å². The van der Waals surface area contributed by atoms with Crippen LogP contribution in [0.5, 0.6) is 0 Å². The molecule has 0 aromatic carbocycles.